The fourth-order valence-electron chi connectivity index (χ4n) is 3.10. The molecule has 1 aromatic heterocycles. The lowest BCUT2D eigenvalue weighted by atomic mass is 10.1. The summed E-state index contributed by atoms with van der Waals surface area (Å²) in [5.74, 6) is 1.24. The molecule has 1 fully saturated rings. The van der Waals surface area contributed by atoms with E-state index in [9.17, 15) is 9.59 Å². The van der Waals surface area contributed by atoms with Gasteiger partial charge in [0.2, 0.25) is 5.91 Å². The monoisotopic (exact) mass is 371 g/mol. The molecular weight excluding hydrogens is 346 g/mol. The third kappa shape index (κ3) is 5.32. The number of carbonyl (C=O) groups excluding carboxylic acids is 2. The van der Waals surface area contributed by atoms with Gasteiger partial charge in [0, 0.05) is 37.5 Å². The van der Waals surface area contributed by atoms with Gasteiger partial charge in [-0.05, 0) is 19.8 Å². The number of amides is 2. The topological polar surface area (TPSA) is 84.7 Å². The highest BCUT2D eigenvalue weighted by Crippen LogP contribution is 2.20. The third-order valence-electron chi connectivity index (χ3n) is 4.56. The minimum atomic E-state index is -0.277. The normalized spacial score (nSPS) is 14.8. The Morgan fingerprint density at radius 2 is 2.00 bits per heavy atom. The van der Waals surface area contributed by atoms with E-state index in [0.717, 1.165) is 18.4 Å². The van der Waals surface area contributed by atoms with Crippen LogP contribution in [0.25, 0.3) is 11.3 Å². The van der Waals surface area contributed by atoms with Crippen molar-refractivity contribution >= 4 is 12.0 Å². The van der Waals surface area contributed by atoms with E-state index < -0.39 is 0 Å². The molecule has 2 aromatic rings. The maximum atomic E-state index is 12.2. The molecule has 2 heterocycles. The highest BCUT2D eigenvalue weighted by molar-refractivity contribution is 5.76. The summed E-state index contributed by atoms with van der Waals surface area (Å²) in [6.07, 6.45) is 3.67. The SMILES string of the molecule is CCOC(=O)N1CCC(NC(=O)CCc2ncc(-c3ccccc3)o2)CC1. The lowest BCUT2D eigenvalue weighted by Crippen LogP contribution is -2.46. The van der Waals surface area contributed by atoms with Crippen LogP contribution in [0.4, 0.5) is 4.79 Å². The van der Waals surface area contributed by atoms with Crippen molar-refractivity contribution in [3.05, 3.63) is 42.4 Å². The van der Waals surface area contributed by atoms with Crippen molar-refractivity contribution in [2.24, 2.45) is 0 Å². The number of nitrogens with zero attached hydrogens (tertiary/aromatic N) is 2. The van der Waals surface area contributed by atoms with Crippen LogP contribution in [0.5, 0.6) is 0 Å². The van der Waals surface area contributed by atoms with Crippen molar-refractivity contribution in [3.8, 4) is 11.3 Å². The zero-order chi connectivity index (χ0) is 19.1. The number of benzene rings is 1. The third-order valence-corrected chi connectivity index (χ3v) is 4.56. The van der Waals surface area contributed by atoms with E-state index in [4.69, 9.17) is 9.15 Å². The number of likely N-dealkylation sites (tertiary alicyclic amines) is 1. The molecule has 7 heteroatoms. The molecule has 0 saturated carbocycles. The first-order valence-corrected chi connectivity index (χ1v) is 9.37. The van der Waals surface area contributed by atoms with Gasteiger partial charge in [0.1, 0.15) is 0 Å². The number of hydrogen-bond acceptors (Lipinski definition) is 5. The van der Waals surface area contributed by atoms with Crippen LogP contribution in [0.2, 0.25) is 0 Å². The van der Waals surface area contributed by atoms with Crippen molar-refractivity contribution in [2.45, 2.75) is 38.6 Å². The average molecular weight is 371 g/mol. The first kappa shape index (κ1) is 18.9. The number of hydrogen-bond donors (Lipinski definition) is 1. The molecular formula is C20H25N3O4. The molecule has 0 aliphatic carbocycles. The lowest BCUT2D eigenvalue weighted by Gasteiger charge is -2.31. The standard InChI is InChI=1S/C20H25N3O4/c1-2-26-20(25)23-12-10-16(11-13-23)22-18(24)8-9-19-21-14-17(27-19)15-6-4-3-5-7-15/h3-7,14,16H,2,8-13H2,1H3,(H,22,24). The number of rotatable bonds is 6. The summed E-state index contributed by atoms with van der Waals surface area (Å²) < 4.78 is 10.7. The minimum Gasteiger partial charge on any atom is -0.450 e. The molecule has 1 aliphatic rings. The number of aryl methyl sites for hydroxylation is 1. The summed E-state index contributed by atoms with van der Waals surface area (Å²) in [6.45, 7) is 3.37. The molecule has 2 amide bonds. The summed E-state index contributed by atoms with van der Waals surface area (Å²) in [5.41, 5.74) is 0.967. The van der Waals surface area contributed by atoms with Crippen LogP contribution in [0.1, 0.15) is 32.1 Å². The number of piperidine rings is 1. The molecule has 0 atom stereocenters. The van der Waals surface area contributed by atoms with Crippen LogP contribution < -0.4 is 5.32 Å². The lowest BCUT2D eigenvalue weighted by molar-refractivity contribution is -0.122. The summed E-state index contributed by atoms with van der Waals surface area (Å²) in [6, 6.07) is 9.84. The quantitative estimate of drug-likeness (QED) is 0.844. The predicted octanol–water partition coefficient (Wildman–Crippen LogP) is 3.01. The Hall–Kier alpha value is -2.83. The van der Waals surface area contributed by atoms with Gasteiger partial charge in [-0.15, -0.1) is 0 Å². The maximum absolute atomic E-state index is 12.2. The second kappa shape index (κ2) is 9.21. The van der Waals surface area contributed by atoms with Crippen LogP contribution in [0.15, 0.2) is 40.9 Å². The predicted molar refractivity (Wildman–Crippen MR) is 100 cm³/mol. The first-order valence-electron chi connectivity index (χ1n) is 9.37. The van der Waals surface area contributed by atoms with Crippen molar-refractivity contribution in [2.75, 3.05) is 19.7 Å². The van der Waals surface area contributed by atoms with Crippen molar-refractivity contribution in [1.29, 1.82) is 0 Å². The Balaban J connectivity index is 1.41. The van der Waals surface area contributed by atoms with Crippen LogP contribution in [0, 0.1) is 0 Å². The maximum Gasteiger partial charge on any atom is 0.409 e. The molecule has 1 saturated heterocycles. The number of aromatic nitrogens is 1. The Bertz CT molecular complexity index is 752. The first-order chi connectivity index (χ1) is 13.2. The second-order valence-corrected chi connectivity index (χ2v) is 6.51. The molecule has 7 nitrogen and oxygen atoms in total. The fraction of sp³-hybridized carbons (Fsp3) is 0.450. The van der Waals surface area contributed by atoms with E-state index in [0.29, 0.717) is 44.2 Å². The van der Waals surface area contributed by atoms with Gasteiger partial charge >= 0.3 is 6.09 Å². The summed E-state index contributed by atoms with van der Waals surface area (Å²) in [7, 11) is 0. The Morgan fingerprint density at radius 1 is 1.26 bits per heavy atom. The zero-order valence-corrected chi connectivity index (χ0v) is 15.5. The molecule has 3 rings (SSSR count). The van der Waals surface area contributed by atoms with Crippen LogP contribution in [-0.4, -0.2) is 47.6 Å². The fourth-order valence-corrected chi connectivity index (χ4v) is 3.10. The highest BCUT2D eigenvalue weighted by Gasteiger charge is 2.24. The summed E-state index contributed by atoms with van der Waals surface area (Å²) >= 11 is 0. The van der Waals surface area contributed by atoms with Gasteiger partial charge in [0.25, 0.3) is 0 Å². The van der Waals surface area contributed by atoms with Gasteiger partial charge in [-0.1, -0.05) is 30.3 Å². The molecule has 1 N–H and O–H groups in total. The van der Waals surface area contributed by atoms with Gasteiger partial charge in [-0.2, -0.15) is 0 Å². The molecule has 144 valence electrons. The van der Waals surface area contributed by atoms with Gasteiger partial charge in [0.15, 0.2) is 11.7 Å². The van der Waals surface area contributed by atoms with E-state index in [2.05, 4.69) is 10.3 Å². The van der Waals surface area contributed by atoms with Crippen molar-refractivity contribution in [3.63, 3.8) is 0 Å². The smallest absolute Gasteiger partial charge is 0.409 e. The average Bonchev–Trinajstić information content (AvgIpc) is 3.17. The van der Waals surface area contributed by atoms with E-state index in [1.807, 2.05) is 30.3 Å². The largest absolute Gasteiger partial charge is 0.450 e. The van der Waals surface area contributed by atoms with Crippen LogP contribution in [-0.2, 0) is 16.0 Å². The molecule has 0 unspecified atom stereocenters. The van der Waals surface area contributed by atoms with Gasteiger partial charge < -0.3 is 19.4 Å². The minimum absolute atomic E-state index is 0.0240. The number of oxazole rings is 1. The highest BCUT2D eigenvalue weighted by atomic mass is 16.6. The summed E-state index contributed by atoms with van der Waals surface area (Å²) in [4.78, 5) is 29.8. The van der Waals surface area contributed by atoms with E-state index >= 15 is 0 Å². The molecule has 27 heavy (non-hydrogen) atoms. The molecule has 1 aliphatic heterocycles. The van der Waals surface area contributed by atoms with Gasteiger partial charge in [0.05, 0.1) is 12.8 Å². The number of carbonyl (C=O) groups is 2. The van der Waals surface area contributed by atoms with Crippen LogP contribution in [0.3, 0.4) is 0 Å². The molecule has 1 aromatic carbocycles. The van der Waals surface area contributed by atoms with E-state index in [1.54, 1.807) is 18.0 Å². The van der Waals surface area contributed by atoms with Gasteiger partial charge in [-0.3, -0.25) is 4.79 Å². The van der Waals surface area contributed by atoms with E-state index in [-0.39, 0.29) is 18.0 Å². The number of ether oxygens (including phenoxy) is 1. The molecule has 0 spiro atoms. The Morgan fingerprint density at radius 3 is 2.70 bits per heavy atom. The van der Waals surface area contributed by atoms with E-state index in [1.165, 1.54) is 0 Å². The van der Waals surface area contributed by atoms with Gasteiger partial charge in [-0.25, -0.2) is 9.78 Å². The Kier molecular flexibility index (Phi) is 6.46. The Labute approximate surface area is 158 Å². The van der Waals surface area contributed by atoms with Crippen molar-refractivity contribution < 1.29 is 18.7 Å². The second-order valence-electron chi connectivity index (χ2n) is 6.51. The summed E-state index contributed by atoms with van der Waals surface area (Å²) in [5, 5.41) is 3.03. The zero-order valence-electron chi connectivity index (χ0n) is 15.5. The number of nitrogens with one attached hydrogen (secondary N) is 1. The molecule has 0 radical (unpaired) electrons. The van der Waals surface area contributed by atoms with Crippen molar-refractivity contribution in [1.82, 2.24) is 15.2 Å². The van der Waals surface area contributed by atoms with Crippen LogP contribution >= 0.6 is 0 Å². The molecule has 0 bridgehead atoms.